The van der Waals surface area contributed by atoms with Crippen molar-refractivity contribution in [1.29, 1.82) is 0 Å². The highest BCUT2D eigenvalue weighted by atomic mass is 32.1. The van der Waals surface area contributed by atoms with Crippen molar-refractivity contribution >= 4 is 29.1 Å². The lowest BCUT2D eigenvalue weighted by Gasteiger charge is -2.27. The Morgan fingerprint density at radius 3 is 2.35 bits per heavy atom. The van der Waals surface area contributed by atoms with Crippen LogP contribution >= 0.6 is 11.3 Å². The molecule has 1 heterocycles. The Morgan fingerprint density at radius 2 is 1.78 bits per heavy atom. The number of hydrogen-bond donors (Lipinski definition) is 2. The van der Waals surface area contributed by atoms with Gasteiger partial charge in [-0.05, 0) is 37.7 Å². The number of hydrazine groups is 1. The van der Waals surface area contributed by atoms with E-state index in [0.29, 0.717) is 12.0 Å². The molecule has 1 fully saturated rings. The second kappa shape index (κ2) is 5.81. The summed E-state index contributed by atoms with van der Waals surface area (Å²) in [6, 6.07) is 0. The fourth-order valence-corrected chi connectivity index (χ4v) is 4.37. The van der Waals surface area contributed by atoms with E-state index < -0.39 is 29.6 Å². The number of allylic oxidation sites excluding steroid dienone is 2. The molecular formula is C16H17N2O4S-. The van der Waals surface area contributed by atoms with Crippen molar-refractivity contribution in [2.24, 2.45) is 23.7 Å². The van der Waals surface area contributed by atoms with Gasteiger partial charge in [0, 0.05) is 22.1 Å². The third kappa shape index (κ3) is 2.65. The van der Waals surface area contributed by atoms with Gasteiger partial charge in [0.15, 0.2) is 0 Å². The summed E-state index contributed by atoms with van der Waals surface area (Å²) < 4.78 is 0. The Morgan fingerprint density at radius 1 is 1.13 bits per heavy atom. The molecule has 2 aliphatic carbocycles. The van der Waals surface area contributed by atoms with Gasteiger partial charge < -0.3 is 9.90 Å². The van der Waals surface area contributed by atoms with Gasteiger partial charge in [0.1, 0.15) is 0 Å². The summed E-state index contributed by atoms with van der Waals surface area (Å²) in [5, 5.41) is 13.0. The molecule has 0 spiro atoms. The maximum atomic E-state index is 12.3. The Labute approximate surface area is 137 Å². The third-order valence-electron chi connectivity index (χ3n) is 4.86. The Hall–Kier alpha value is -2.15. The number of carboxylic acids is 1. The van der Waals surface area contributed by atoms with Crippen molar-refractivity contribution in [3.63, 3.8) is 0 Å². The number of amides is 2. The molecule has 122 valence electrons. The van der Waals surface area contributed by atoms with Gasteiger partial charge in [-0.1, -0.05) is 12.2 Å². The predicted molar refractivity (Wildman–Crippen MR) is 82.1 cm³/mol. The molecule has 1 aromatic rings. The van der Waals surface area contributed by atoms with Crippen LogP contribution in [0.25, 0.3) is 0 Å². The van der Waals surface area contributed by atoms with Crippen molar-refractivity contribution in [1.82, 2.24) is 10.9 Å². The molecule has 0 aliphatic heterocycles. The lowest BCUT2D eigenvalue weighted by Crippen LogP contribution is -2.50. The van der Waals surface area contributed by atoms with Crippen LogP contribution in [-0.4, -0.2) is 17.8 Å². The number of carboxylic acid groups (broad SMARTS) is 1. The van der Waals surface area contributed by atoms with Crippen LogP contribution in [0.5, 0.6) is 0 Å². The highest BCUT2D eigenvalue weighted by Gasteiger charge is 2.48. The molecule has 2 amide bonds. The molecule has 2 N–H and O–H groups in total. The average molecular weight is 333 g/mol. The molecular weight excluding hydrogens is 316 g/mol. The molecule has 6 nitrogen and oxygen atoms in total. The quantitative estimate of drug-likeness (QED) is 0.614. The number of aliphatic carboxylic acids is 1. The van der Waals surface area contributed by atoms with Gasteiger partial charge in [-0.3, -0.25) is 20.4 Å². The smallest absolute Gasteiger partial charge is 0.270 e. The number of fused-ring (bicyclic) bond motifs is 2. The topological polar surface area (TPSA) is 98.3 Å². The minimum atomic E-state index is -1.21. The van der Waals surface area contributed by atoms with Gasteiger partial charge in [-0.15, -0.1) is 11.3 Å². The zero-order valence-electron chi connectivity index (χ0n) is 12.8. The SMILES string of the molecule is Cc1scc(C(=O)NNC(=O)[C@H]2[C@@H](C(=O)[O-])[C@H]3C=C[C@@H]2C3)c1C. The predicted octanol–water partition coefficient (Wildman–Crippen LogP) is 0.314. The van der Waals surface area contributed by atoms with Crippen LogP contribution < -0.4 is 16.0 Å². The summed E-state index contributed by atoms with van der Waals surface area (Å²) >= 11 is 1.46. The van der Waals surface area contributed by atoms with Crippen LogP contribution in [0.4, 0.5) is 0 Å². The molecule has 0 unspecified atom stereocenters. The van der Waals surface area contributed by atoms with Crippen molar-refractivity contribution in [3.8, 4) is 0 Å². The number of hydrogen-bond acceptors (Lipinski definition) is 5. The van der Waals surface area contributed by atoms with E-state index in [1.165, 1.54) is 11.3 Å². The van der Waals surface area contributed by atoms with E-state index in [4.69, 9.17) is 0 Å². The number of aryl methyl sites for hydroxylation is 1. The van der Waals surface area contributed by atoms with Gasteiger partial charge in [-0.25, -0.2) is 0 Å². The van der Waals surface area contributed by atoms with E-state index in [1.54, 1.807) is 5.38 Å². The molecule has 2 aliphatic rings. The zero-order valence-corrected chi connectivity index (χ0v) is 13.6. The standard InChI is InChI=1S/C16H18N2O4S/c1-7-8(2)23-6-11(7)14(19)17-18-15(20)12-9-3-4-10(5-9)13(12)16(21)22/h3-4,6,9-10,12-13H,5H2,1-2H3,(H,17,19)(H,18,20)(H,21,22)/p-1/t9-,10+,12-,13+/m1/s1. The lowest BCUT2D eigenvalue weighted by atomic mass is 9.82. The van der Waals surface area contributed by atoms with Crippen molar-refractivity contribution in [2.75, 3.05) is 0 Å². The third-order valence-corrected chi connectivity index (χ3v) is 5.88. The summed E-state index contributed by atoms with van der Waals surface area (Å²) in [6.45, 7) is 3.76. The largest absolute Gasteiger partial charge is 0.550 e. The molecule has 0 aromatic carbocycles. The van der Waals surface area contributed by atoms with Gasteiger partial charge in [-0.2, -0.15) is 0 Å². The minimum absolute atomic E-state index is 0.107. The van der Waals surface area contributed by atoms with E-state index in [-0.39, 0.29) is 11.8 Å². The first-order valence-corrected chi connectivity index (χ1v) is 8.32. The van der Waals surface area contributed by atoms with Crippen LogP contribution in [0.1, 0.15) is 27.2 Å². The first-order chi connectivity index (χ1) is 10.9. The fraction of sp³-hybridized carbons (Fsp3) is 0.438. The first kappa shape index (κ1) is 15.7. The van der Waals surface area contributed by atoms with Crippen LogP contribution in [0.3, 0.4) is 0 Å². The van der Waals surface area contributed by atoms with Gasteiger partial charge in [0.05, 0.1) is 11.5 Å². The number of rotatable bonds is 3. The molecule has 7 heteroatoms. The molecule has 23 heavy (non-hydrogen) atoms. The number of carbonyl (C=O) groups is 3. The second-order valence-electron chi connectivity index (χ2n) is 6.09. The molecule has 2 bridgehead atoms. The maximum Gasteiger partial charge on any atom is 0.270 e. The first-order valence-electron chi connectivity index (χ1n) is 7.44. The Bertz CT molecular complexity index is 709. The maximum absolute atomic E-state index is 12.3. The zero-order chi connectivity index (χ0) is 16.7. The van der Waals surface area contributed by atoms with E-state index in [1.807, 2.05) is 26.0 Å². The monoisotopic (exact) mass is 333 g/mol. The van der Waals surface area contributed by atoms with Crippen molar-refractivity contribution in [3.05, 3.63) is 33.5 Å². The van der Waals surface area contributed by atoms with E-state index in [2.05, 4.69) is 10.9 Å². The van der Waals surface area contributed by atoms with Gasteiger partial charge >= 0.3 is 0 Å². The summed E-state index contributed by atoms with van der Waals surface area (Å²) in [5.74, 6) is -3.87. The number of carbonyl (C=O) groups excluding carboxylic acids is 3. The van der Waals surface area contributed by atoms with Gasteiger partial charge in [0.25, 0.3) is 5.91 Å². The van der Waals surface area contributed by atoms with Gasteiger partial charge in [0.2, 0.25) is 5.91 Å². The molecule has 1 aromatic heterocycles. The minimum Gasteiger partial charge on any atom is -0.550 e. The van der Waals surface area contributed by atoms with Crippen molar-refractivity contribution in [2.45, 2.75) is 20.3 Å². The summed E-state index contributed by atoms with van der Waals surface area (Å²) in [7, 11) is 0. The van der Waals surface area contributed by atoms with Crippen LogP contribution in [-0.2, 0) is 9.59 Å². The molecule has 3 rings (SSSR count). The average Bonchev–Trinajstić information content (AvgIpc) is 3.20. The lowest BCUT2D eigenvalue weighted by molar-refractivity contribution is -0.313. The fourth-order valence-electron chi connectivity index (χ4n) is 3.51. The molecule has 1 saturated carbocycles. The highest BCUT2D eigenvalue weighted by Crippen LogP contribution is 2.47. The van der Waals surface area contributed by atoms with Crippen LogP contribution in [0.15, 0.2) is 17.5 Å². The second-order valence-corrected chi connectivity index (χ2v) is 7.18. The van der Waals surface area contributed by atoms with Crippen LogP contribution in [0.2, 0.25) is 0 Å². The molecule has 0 radical (unpaired) electrons. The normalized spacial score (nSPS) is 27.9. The number of thiophene rings is 1. The molecule has 0 saturated heterocycles. The summed E-state index contributed by atoms with van der Waals surface area (Å²) in [6.07, 6.45) is 4.36. The molecule has 4 atom stereocenters. The number of nitrogens with one attached hydrogen (secondary N) is 2. The van der Waals surface area contributed by atoms with Crippen molar-refractivity contribution < 1.29 is 19.5 Å². The summed E-state index contributed by atoms with van der Waals surface area (Å²) in [4.78, 5) is 36.8. The highest BCUT2D eigenvalue weighted by molar-refractivity contribution is 7.10. The summed E-state index contributed by atoms with van der Waals surface area (Å²) in [5.41, 5.74) is 6.13. The van der Waals surface area contributed by atoms with E-state index in [9.17, 15) is 19.5 Å². The van der Waals surface area contributed by atoms with Crippen LogP contribution in [0, 0.1) is 37.5 Å². The Balaban J connectivity index is 1.66. The van der Waals surface area contributed by atoms with E-state index >= 15 is 0 Å². The van der Waals surface area contributed by atoms with E-state index in [0.717, 1.165) is 10.4 Å². The Kier molecular flexibility index (Phi) is 3.97.